The Balaban J connectivity index is 1.50. The van der Waals surface area contributed by atoms with Gasteiger partial charge in [0.15, 0.2) is 0 Å². The van der Waals surface area contributed by atoms with Crippen LogP contribution in [0.3, 0.4) is 0 Å². The van der Waals surface area contributed by atoms with Crippen molar-refractivity contribution in [3.8, 4) is 0 Å². The van der Waals surface area contributed by atoms with Gasteiger partial charge in [-0.25, -0.2) is 4.79 Å². The molecule has 0 aromatic heterocycles. The highest BCUT2D eigenvalue weighted by Gasteiger charge is 2.27. The summed E-state index contributed by atoms with van der Waals surface area (Å²) in [6, 6.07) is 16.3. The van der Waals surface area contributed by atoms with Crippen LogP contribution in [0.4, 0.5) is 16.2 Å². The van der Waals surface area contributed by atoms with Gasteiger partial charge < -0.3 is 20.4 Å². The first kappa shape index (κ1) is 24.1. The molecular formula is C28H38N4O2. The zero-order valence-corrected chi connectivity index (χ0v) is 20.6. The third kappa shape index (κ3) is 6.10. The van der Waals surface area contributed by atoms with E-state index in [2.05, 4.69) is 52.8 Å². The summed E-state index contributed by atoms with van der Waals surface area (Å²) in [7, 11) is 0. The molecule has 2 saturated heterocycles. The Kier molecular flexibility index (Phi) is 8.09. The van der Waals surface area contributed by atoms with Gasteiger partial charge in [-0.3, -0.25) is 4.79 Å². The van der Waals surface area contributed by atoms with Crippen LogP contribution in [0.1, 0.15) is 55.5 Å². The molecule has 4 rings (SSSR count). The number of nitrogens with zero attached hydrogens (tertiary/aromatic N) is 2. The number of anilines is 2. The first-order chi connectivity index (χ1) is 16.5. The number of urea groups is 1. The van der Waals surface area contributed by atoms with E-state index in [1.54, 1.807) is 0 Å². The second-order valence-electron chi connectivity index (χ2n) is 9.81. The number of nitrogens with one attached hydrogen (secondary N) is 2. The molecule has 6 heteroatoms. The fraction of sp³-hybridized carbons (Fsp3) is 0.500. The fourth-order valence-corrected chi connectivity index (χ4v) is 5.10. The van der Waals surface area contributed by atoms with E-state index >= 15 is 0 Å². The van der Waals surface area contributed by atoms with Gasteiger partial charge in [-0.05, 0) is 74.6 Å². The molecule has 0 radical (unpaired) electrons. The number of hydrogen-bond acceptors (Lipinski definition) is 3. The maximum atomic E-state index is 13.6. The zero-order valence-electron chi connectivity index (χ0n) is 20.6. The van der Waals surface area contributed by atoms with Crippen LogP contribution in [0.2, 0.25) is 0 Å². The summed E-state index contributed by atoms with van der Waals surface area (Å²) in [5.41, 5.74) is 3.74. The first-order valence-corrected chi connectivity index (χ1v) is 12.8. The van der Waals surface area contributed by atoms with Gasteiger partial charge in [-0.2, -0.15) is 0 Å². The van der Waals surface area contributed by atoms with Crippen LogP contribution < -0.4 is 15.5 Å². The highest BCUT2D eigenvalue weighted by Crippen LogP contribution is 2.31. The number of carbonyl (C=O) groups is 2. The lowest BCUT2D eigenvalue weighted by atomic mass is 9.89. The molecule has 2 aromatic carbocycles. The maximum absolute atomic E-state index is 13.6. The molecule has 0 spiro atoms. The van der Waals surface area contributed by atoms with Crippen molar-refractivity contribution < 1.29 is 9.59 Å². The topological polar surface area (TPSA) is 64.7 Å². The van der Waals surface area contributed by atoms with Crippen molar-refractivity contribution in [2.75, 3.05) is 42.9 Å². The third-order valence-corrected chi connectivity index (χ3v) is 7.22. The Morgan fingerprint density at radius 1 is 0.941 bits per heavy atom. The van der Waals surface area contributed by atoms with Crippen LogP contribution in [0.5, 0.6) is 0 Å². The van der Waals surface area contributed by atoms with Crippen molar-refractivity contribution in [1.29, 1.82) is 0 Å². The number of likely N-dealkylation sites (tertiary alicyclic amines) is 1. The van der Waals surface area contributed by atoms with Crippen molar-refractivity contribution in [2.45, 2.75) is 46.0 Å². The van der Waals surface area contributed by atoms with Crippen molar-refractivity contribution in [1.82, 2.24) is 10.2 Å². The van der Waals surface area contributed by atoms with Crippen molar-refractivity contribution in [2.24, 2.45) is 11.8 Å². The van der Waals surface area contributed by atoms with Gasteiger partial charge in [-0.1, -0.05) is 37.3 Å². The van der Waals surface area contributed by atoms with Crippen LogP contribution in [-0.4, -0.2) is 49.6 Å². The molecule has 2 heterocycles. The Hall–Kier alpha value is -3.02. The number of hydrogen-bond donors (Lipinski definition) is 2. The second-order valence-corrected chi connectivity index (χ2v) is 9.81. The lowest BCUT2D eigenvalue weighted by Crippen LogP contribution is -2.40. The van der Waals surface area contributed by atoms with E-state index in [0.29, 0.717) is 29.6 Å². The minimum atomic E-state index is -0.248. The fourth-order valence-electron chi connectivity index (χ4n) is 5.10. The minimum Gasteiger partial charge on any atom is -0.371 e. The summed E-state index contributed by atoms with van der Waals surface area (Å²) >= 11 is 0. The van der Waals surface area contributed by atoms with Gasteiger partial charge in [0.2, 0.25) is 0 Å². The average Bonchev–Trinajstić information content (AvgIpc) is 2.85. The largest absolute Gasteiger partial charge is 0.371 e. The van der Waals surface area contributed by atoms with Crippen LogP contribution in [-0.2, 0) is 6.42 Å². The molecule has 0 unspecified atom stereocenters. The van der Waals surface area contributed by atoms with E-state index in [1.807, 2.05) is 30.0 Å². The molecule has 2 fully saturated rings. The lowest BCUT2D eigenvalue weighted by molar-refractivity contribution is 0.0697. The molecule has 2 aliphatic rings. The summed E-state index contributed by atoms with van der Waals surface area (Å²) in [5.74, 6) is 1.41. The van der Waals surface area contributed by atoms with E-state index in [9.17, 15) is 9.59 Å². The first-order valence-electron chi connectivity index (χ1n) is 12.8. The molecule has 0 saturated carbocycles. The van der Waals surface area contributed by atoms with Gasteiger partial charge in [0.05, 0.1) is 5.56 Å². The zero-order chi connectivity index (χ0) is 23.9. The molecule has 2 aliphatic heterocycles. The molecule has 2 N–H and O–H groups in total. The molecule has 34 heavy (non-hydrogen) atoms. The Morgan fingerprint density at radius 2 is 1.65 bits per heavy atom. The summed E-state index contributed by atoms with van der Waals surface area (Å²) in [6.45, 7) is 8.18. The van der Waals surface area contributed by atoms with Gasteiger partial charge in [0.1, 0.15) is 0 Å². The molecular weight excluding hydrogens is 424 g/mol. The standard InChI is InChI=1S/C28H38N4O2/c1-3-29-28(34)30-24-9-10-26(25(20-24)27(33)32-15-11-21(2)12-16-32)31-17-13-23(14-18-31)19-22-7-5-4-6-8-22/h4-10,20-21,23H,3,11-19H2,1-2H3,(H2,29,30,34). The molecule has 6 nitrogen and oxygen atoms in total. The van der Waals surface area contributed by atoms with E-state index in [4.69, 9.17) is 0 Å². The monoisotopic (exact) mass is 462 g/mol. The second kappa shape index (κ2) is 11.4. The van der Waals surface area contributed by atoms with Crippen molar-refractivity contribution >= 4 is 23.3 Å². The smallest absolute Gasteiger partial charge is 0.319 e. The molecule has 0 atom stereocenters. The van der Waals surface area contributed by atoms with Crippen molar-refractivity contribution in [3.05, 3.63) is 59.7 Å². The van der Waals surface area contributed by atoms with Gasteiger partial charge in [-0.15, -0.1) is 0 Å². The Bertz CT molecular complexity index is 962. The quantitative estimate of drug-likeness (QED) is 0.623. The summed E-state index contributed by atoms with van der Waals surface area (Å²) < 4.78 is 0. The number of piperidine rings is 2. The number of amides is 3. The number of carbonyl (C=O) groups excluding carboxylic acids is 2. The normalized spacial score (nSPS) is 17.5. The van der Waals surface area contributed by atoms with Crippen LogP contribution in [0.25, 0.3) is 0 Å². The summed E-state index contributed by atoms with van der Waals surface area (Å²) in [4.78, 5) is 30.0. The van der Waals surface area contributed by atoms with Crippen LogP contribution in [0.15, 0.2) is 48.5 Å². The van der Waals surface area contributed by atoms with Gasteiger partial charge in [0, 0.05) is 44.1 Å². The number of benzene rings is 2. The van der Waals surface area contributed by atoms with E-state index in [0.717, 1.165) is 64.0 Å². The third-order valence-electron chi connectivity index (χ3n) is 7.22. The van der Waals surface area contributed by atoms with Gasteiger partial charge in [0.25, 0.3) is 5.91 Å². The molecule has 2 aromatic rings. The lowest BCUT2D eigenvalue weighted by Gasteiger charge is -2.36. The molecule has 3 amide bonds. The minimum absolute atomic E-state index is 0.0767. The number of rotatable bonds is 6. The Labute approximate surface area is 203 Å². The van der Waals surface area contributed by atoms with Crippen LogP contribution >= 0.6 is 0 Å². The van der Waals surface area contributed by atoms with E-state index in [-0.39, 0.29) is 11.9 Å². The maximum Gasteiger partial charge on any atom is 0.319 e. The van der Waals surface area contributed by atoms with Crippen LogP contribution in [0, 0.1) is 11.8 Å². The van der Waals surface area contributed by atoms with Crippen molar-refractivity contribution in [3.63, 3.8) is 0 Å². The van der Waals surface area contributed by atoms with E-state index in [1.165, 1.54) is 5.56 Å². The predicted molar refractivity (Wildman–Crippen MR) is 139 cm³/mol. The summed E-state index contributed by atoms with van der Waals surface area (Å²) in [5, 5.41) is 5.63. The Morgan fingerprint density at radius 3 is 2.32 bits per heavy atom. The predicted octanol–water partition coefficient (Wildman–Crippen LogP) is 5.16. The highest BCUT2D eigenvalue weighted by atomic mass is 16.2. The SMILES string of the molecule is CCNC(=O)Nc1ccc(N2CCC(Cc3ccccc3)CC2)c(C(=O)N2CCC(C)CC2)c1. The summed E-state index contributed by atoms with van der Waals surface area (Å²) in [6.07, 6.45) is 5.43. The van der Waals surface area contributed by atoms with E-state index < -0.39 is 0 Å². The molecule has 182 valence electrons. The van der Waals surface area contributed by atoms with Gasteiger partial charge >= 0.3 is 6.03 Å². The highest BCUT2D eigenvalue weighted by molar-refractivity contribution is 6.02. The molecule has 0 bridgehead atoms. The molecule has 0 aliphatic carbocycles. The average molecular weight is 463 g/mol.